The number of halogens is 1. The lowest BCUT2D eigenvalue weighted by Gasteiger charge is -2.20. The number of pyridine rings is 1. The molecule has 2 amide bonds. The molecule has 0 aliphatic carbocycles. The van der Waals surface area contributed by atoms with Gasteiger partial charge < -0.3 is 10.1 Å². The van der Waals surface area contributed by atoms with Gasteiger partial charge >= 0.3 is 0 Å². The Hall–Kier alpha value is -2.25. The molecule has 1 atom stereocenters. The molecule has 6 nitrogen and oxygen atoms in total. The predicted molar refractivity (Wildman–Crippen MR) is 103 cm³/mol. The van der Waals surface area contributed by atoms with E-state index in [1.807, 2.05) is 13.0 Å². The van der Waals surface area contributed by atoms with E-state index in [9.17, 15) is 9.59 Å². The summed E-state index contributed by atoms with van der Waals surface area (Å²) in [6, 6.07) is 10.5. The maximum atomic E-state index is 12.9. The zero-order chi connectivity index (χ0) is 18.5. The predicted octanol–water partition coefficient (Wildman–Crippen LogP) is 3.63. The maximum Gasteiger partial charge on any atom is 0.259 e. The molecule has 3 rings (SSSR count). The highest BCUT2D eigenvalue weighted by Crippen LogP contribution is 2.20. The third-order valence-corrected chi connectivity index (χ3v) is 4.62. The molecule has 0 spiro atoms. The molecule has 1 aliphatic rings. The van der Waals surface area contributed by atoms with Crippen LogP contribution in [-0.2, 0) is 9.53 Å². The highest BCUT2D eigenvalue weighted by atomic mass is 79.9. The summed E-state index contributed by atoms with van der Waals surface area (Å²) in [5.74, 6) is 0.235. The Morgan fingerprint density at radius 2 is 2.19 bits per heavy atom. The highest BCUT2D eigenvalue weighted by Gasteiger charge is 2.24. The fourth-order valence-corrected chi connectivity index (χ4v) is 3.06. The molecule has 1 aromatic heterocycles. The zero-order valence-electron chi connectivity index (χ0n) is 14.4. The van der Waals surface area contributed by atoms with Gasteiger partial charge in [0.2, 0.25) is 0 Å². The summed E-state index contributed by atoms with van der Waals surface area (Å²) in [5.41, 5.74) is 1.07. The van der Waals surface area contributed by atoms with E-state index in [-0.39, 0.29) is 11.8 Å². The number of benzene rings is 1. The molecule has 26 heavy (non-hydrogen) atoms. The maximum absolute atomic E-state index is 12.9. The van der Waals surface area contributed by atoms with E-state index in [1.54, 1.807) is 41.4 Å². The molecule has 1 unspecified atom stereocenters. The van der Waals surface area contributed by atoms with E-state index < -0.39 is 6.10 Å². The Morgan fingerprint density at radius 1 is 1.35 bits per heavy atom. The summed E-state index contributed by atoms with van der Waals surface area (Å²) >= 11 is 3.34. The quantitative estimate of drug-likeness (QED) is 0.805. The number of nitrogens with one attached hydrogen (secondary N) is 1. The average Bonchev–Trinajstić information content (AvgIpc) is 3.19. The van der Waals surface area contributed by atoms with E-state index in [4.69, 9.17) is 4.74 Å². The molecule has 1 saturated heterocycles. The van der Waals surface area contributed by atoms with Gasteiger partial charge in [-0.3, -0.25) is 14.5 Å². The molecule has 1 aromatic carbocycles. The van der Waals surface area contributed by atoms with Crippen LogP contribution in [0.4, 0.5) is 11.5 Å². The second kappa shape index (κ2) is 8.42. The van der Waals surface area contributed by atoms with Gasteiger partial charge in [0.05, 0.1) is 0 Å². The van der Waals surface area contributed by atoms with Gasteiger partial charge in [0.1, 0.15) is 11.9 Å². The largest absolute Gasteiger partial charge is 0.368 e. The number of aromatic nitrogens is 1. The minimum Gasteiger partial charge on any atom is -0.368 e. The van der Waals surface area contributed by atoms with Crippen LogP contribution < -0.4 is 10.2 Å². The number of rotatable bonds is 5. The van der Waals surface area contributed by atoms with Gasteiger partial charge in [0.25, 0.3) is 11.8 Å². The van der Waals surface area contributed by atoms with Crippen molar-refractivity contribution in [2.75, 3.05) is 23.4 Å². The molecule has 2 heterocycles. The molecule has 0 bridgehead atoms. The lowest BCUT2D eigenvalue weighted by atomic mass is 10.1. The topological polar surface area (TPSA) is 71.5 Å². The van der Waals surface area contributed by atoms with Gasteiger partial charge in [-0.25, -0.2) is 4.98 Å². The smallest absolute Gasteiger partial charge is 0.259 e. The van der Waals surface area contributed by atoms with Crippen molar-refractivity contribution in [3.05, 3.63) is 52.6 Å². The number of ether oxygens (including phenoxy) is 1. The van der Waals surface area contributed by atoms with Gasteiger partial charge in [-0.1, -0.05) is 6.07 Å². The van der Waals surface area contributed by atoms with Gasteiger partial charge in [-0.2, -0.15) is 0 Å². The summed E-state index contributed by atoms with van der Waals surface area (Å²) in [7, 11) is 0. The number of anilines is 2. The first-order chi connectivity index (χ1) is 12.6. The Balaban J connectivity index is 1.76. The van der Waals surface area contributed by atoms with E-state index in [0.717, 1.165) is 17.3 Å². The summed E-state index contributed by atoms with van der Waals surface area (Å²) < 4.78 is 6.24. The molecule has 136 valence electrons. The van der Waals surface area contributed by atoms with Gasteiger partial charge in [0.15, 0.2) is 0 Å². The van der Waals surface area contributed by atoms with Gasteiger partial charge in [-0.05, 0) is 66.0 Å². The molecular weight excluding hydrogens is 398 g/mol. The van der Waals surface area contributed by atoms with Crippen molar-refractivity contribution in [1.29, 1.82) is 0 Å². The van der Waals surface area contributed by atoms with Crippen molar-refractivity contribution in [3.8, 4) is 0 Å². The van der Waals surface area contributed by atoms with Crippen molar-refractivity contribution in [1.82, 2.24) is 4.98 Å². The van der Waals surface area contributed by atoms with Crippen LogP contribution in [0, 0.1) is 0 Å². The van der Waals surface area contributed by atoms with E-state index in [1.165, 1.54) is 0 Å². The summed E-state index contributed by atoms with van der Waals surface area (Å²) in [4.78, 5) is 31.0. The fourth-order valence-electron chi connectivity index (χ4n) is 2.83. The Morgan fingerprint density at radius 3 is 2.85 bits per heavy atom. The van der Waals surface area contributed by atoms with Gasteiger partial charge in [0, 0.05) is 35.1 Å². The second-order valence-electron chi connectivity index (χ2n) is 5.96. The molecule has 7 heteroatoms. The first-order valence-corrected chi connectivity index (χ1v) is 9.33. The Labute approximate surface area is 160 Å². The Kier molecular flexibility index (Phi) is 6.00. The molecule has 0 saturated carbocycles. The van der Waals surface area contributed by atoms with Crippen molar-refractivity contribution >= 4 is 39.2 Å². The van der Waals surface area contributed by atoms with Crippen LogP contribution in [0.1, 0.15) is 30.1 Å². The van der Waals surface area contributed by atoms with Crippen molar-refractivity contribution in [2.45, 2.75) is 25.9 Å². The molecular formula is C19H20BrN3O3. The average molecular weight is 418 g/mol. The molecule has 1 aliphatic heterocycles. The van der Waals surface area contributed by atoms with Crippen molar-refractivity contribution < 1.29 is 14.3 Å². The molecule has 2 aromatic rings. The first-order valence-electron chi connectivity index (χ1n) is 8.54. The SMILES string of the molecule is CCN(C(=O)c1cccc(NC(=O)C2CCCO2)c1)c1ccc(Br)cn1. The van der Waals surface area contributed by atoms with Crippen molar-refractivity contribution in [2.24, 2.45) is 0 Å². The molecule has 1 N–H and O–H groups in total. The number of hydrogen-bond acceptors (Lipinski definition) is 4. The molecule has 0 radical (unpaired) electrons. The number of carbonyl (C=O) groups excluding carboxylic acids is 2. The zero-order valence-corrected chi connectivity index (χ0v) is 16.0. The number of amides is 2. The fraction of sp³-hybridized carbons (Fsp3) is 0.316. The van der Waals surface area contributed by atoms with Crippen LogP contribution in [0.15, 0.2) is 47.1 Å². The van der Waals surface area contributed by atoms with E-state index >= 15 is 0 Å². The monoisotopic (exact) mass is 417 g/mol. The second-order valence-corrected chi connectivity index (χ2v) is 6.87. The minimum absolute atomic E-state index is 0.171. The lowest BCUT2D eigenvalue weighted by molar-refractivity contribution is -0.124. The van der Waals surface area contributed by atoms with Crippen LogP contribution in [0.2, 0.25) is 0 Å². The lowest BCUT2D eigenvalue weighted by Crippen LogP contribution is -2.31. The van der Waals surface area contributed by atoms with Crippen molar-refractivity contribution in [3.63, 3.8) is 0 Å². The standard InChI is InChI=1S/C19H20BrN3O3/c1-2-23(17-9-8-14(20)12-21-17)19(25)13-5-3-6-15(11-13)22-18(24)16-7-4-10-26-16/h3,5-6,8-9,11-12,16H,2,4,7,10H2,1H3,(H,22,24). The number of nitrogens with zero attached hydrogens (tertiary/aromatic N) is 2. The van der Waals surface area contributed by atoms with E-state index in [2.05, 4.69) is 26.2 Å². The highest BCUT2D eigenvalue weighted by molar-refractivity contribution is 9.10. The van der Waals surface area contributed by atoms with Crippen LogP contribution in [0.3, 0.4) is 0 Å². The summed E-state index contributed by atoms with van der Waals surface area (Å²) in [6.45, 7) is 2.99. The first kappa shape index (κ1) is 18.5. The number of carbonyl (C=O) groups is 2. The van der Waals surface area contributed by atoms with Crippen LogP contribution in [0.25, 0.3) is 0 Å². The third kappa shape index (κ3) is 4.28. The summed E-state index contributed by atoms with van der Waals surface area (Å²) in [6.07, 6.45) is 2.86. The van der Waals surface area contributed by atoms with E-state index in [0.29, 0.717) is 30.2 Å². The molecule has 1 fully saturated rings. The Bertz CT molecular complexity index is 789. The third-order valence-electron chi connectivity index (χ3n) is 4.15. The van der Waals surface area contributed by atoms with Crippen LogP contribution in [0.5, 0.6) is 0 Å². The van der Waals surface area contributed by atoms with Gasteiger partial charge in [-0.15, -0.1) is 0 Å². The summed E-state index contributed by atoms with van der Waals surface area (Å²) in [5, 5.41) is 2.83. The van der Waals surface area contributed by atoms with Crippen LogP contribution in [-0.4, -0.2) is 36.1 Å². The van der Waals surface area contributed by atoms with Crippen LogP contribution >= 0.6 is 15.9 Å². The minimum atomic E-state index is -0.409. The normalized spacial score (nSPS) is 16.3. The number of hydrogen-bond donors (Lipinski definition) is 1.